The topological polar surface area (TPSA) is 58.5 Å². The van der Waals surface area contributed by atoms with Crippen molar-refractivity contribution in [1.82, 2.24) is 9.97 Å². The number of aromatic nitrogens is 2. The van der Waals surface area contributed by atoms with Gasteiger partial charge in [-0.25, -0.2) is 9.97 Å². The van der Waals surface area contributed by atoms with E-state index in [1.54, 1.807) is 13.4 Å². The van der Waals surface area contributed by atoms with Crippen LogP contribution in [-0.4, -0.2) is 42.4 Å². The number of ether oxygens (including phenoxy) is 1. The molecular formula is C17H25N3O2. The average molecular weight is 303 g/mol. The molecule has 0 saturated carbocycles. The van der Waals surface area contributed by atoms with E-state index in [2.05, 4.69) is 34.8 Å². The molecular weight excluding hydrogens is 278 g/mol. The third-order valence-electron chi connectivity index (χ3n) is 4.08. The Kier molecular flexibility index (Phi) is 5.55. The van der Waals surface area contributed by atoms with Gasteiger partial charge in [-0.1, -0.05) is 13.3 Å². The van der Waals surface area contributed by atoms with Gasteiger partial charge in [0.05, 0.1) is 12.6 Å². The molecule has 0 amide bonds. The Bertz CT molecular complexity index is 625. The van der Waals surface area contributed by atoms with E-state index in [9.17, 15) is 0 Å². The molecule has 1 aromatic heterocycles. The van der Waals surface area contributed by atoms with E-state index < -0.39 is 0 Å². The first-order chi connectivity index (χ1) is 10.7. The molecule has 120 valence electrons. The maximum atomic E-state index is 7.00. The van der Waals surface area contributed by atoms with Crippen LogP contribution in [0.3, 0.4) is 0 Å². The number of anilines is 1. The van der Waals surface area contributed by atoms with Gasteiger partial charge >= 0.3 is 0 Å². The third-order valence-corrected chi connectivity index (χ3v) is 4.08. The zero-order valence-electron chi connectivity index (χ0n) is 13.8. The van der Waals surface area contributed by atoms with Crippen molar-refractivity contribution in [2.75, 3.05) is 32.2 Å². The van der Waals surface area contributed by atoms with Crippen LogP contribution in [0.4, 0.5) is 5.82 Å². The van der Waals surface area contributed by atoms with Crippen LogP contribution >= 0.6 is 0 Å². The number of hydrogen-bond donors (Lipinski definition) is 1. The van der Waals surface area contributed by atoms with Gasteiger partial charge in [0, 0.05) is 31.7 Å². The molecule has 3 rings (SSSR count). The molecule has 0 atom stereocenters. The minimum absolute atomic E-state index is 0.823. The normalized spacial score (nSPS) is 14.3. The van der Waals surface area contributed by atoms with Gasteiger partial charge in [-0.2, -0.15) is 0 Å². The van der Waals surface area contributed by atoms with E-state index in [1.807, 2.05) is 6.07 Å². The summed E-state index contributed by atoms with van der Waals surface area (Å²) in [7, 11) is 2.70. The summed E-state index contributed by atoms with van der Waals surface area (Å²) in [5, 5.41) is 8.13. The van der Waals surface area contributed by atoms with Crippen molar-refractivity contribution in [2.24, 2.45) is 5.92 Å². The maximum absolute atomic E-state index is 7.00. The first-order valence-corrected chi connectivity index (χ1v) is 7.72. The van der Waals surface area contributed by atoms with Crippen molar-refractivity contribution in [3.05, 3.63) is 24.0 Å². The molecule has 1 fully saturated rings. The Morgan fingerprint density at radius 1 is 1.27 bits per heavy atom. The monoisotopic (exact) mass is 303 g/mol. The van der Waals surface area contributed by atoms with Crippen LogP contribution in [0.2, 0.25) is 0 Å². The van der Waals surface area contributed by atoms with Crippen LogP contribution in [0.1, 0.15) is 25.3 Å². The lowest BCUT2D eigenvalue weighted by atomic mass is 9.94. The predicted octanol–water partition coefficient (Wildman–Crippen LogP) is 2.79. The lowest BCUT2D eigenvalue weighted by Crippen LogP contribution is -2.47. The lowest BCUT2D eigenvalue weighted by Gasteiger charge is -2.40. The fourth-order valence-electron chi connectivity index (χ4n) is 2.98. The van der Waals surface area contributed by atoms with Crippen LogP contribution in [-0.2, 0) is 0 Å². The summed E-state index contributed by atoms with van der Waals surface area (Å²) in [6, 6.07) is 4.13. The highest BCUT2D eigenvalue weighted by atomic mass is 16.5. The number of nitrogens with zero attached hydrogens (tertiary/aromatic N) is 3. The molecule has 0 aliphatic carbocycles. The van der Waals surface area contributed by atoms with Crippen molar-refractivity contribution in [3.8, 4) is 5.75 Å². The van der Waals surface area contributed by atoms with Crippen LogP contribution in [0.15, 0.2) is 18.5 Å². The molecule has 22 heavy (non-hydrogen) atoms. The van der Waals surface area contributed by atoms with Gasteiger partial charge in [-0.3, -0.25) is 0 Å². The van der Waals surface area contributed by atoms with Crippen LogP contribution in [0.25, 0.3) is 10.9 Å². The summed E-state index contributed by atoms with van der Waals surface area (Å²) in [4.78, 5) is 11.2. The van der Waals surface area contributed by atoms with Crippen molar-refractivity contribution in [3.63, 3.8) is 0 Å². The molecule has 1 aromatic carbocycles. The molecule has 5 nitrogen and oxygen atoms in total. The van der Waals surface area contributed by atoms with Crippen LogP contribution < -0.4 is 9.64 Å². The molecule has 2 heterocycles. The number of aryl methyl sites for hydroxylation is 1. The van der Waals surface area contributed by atoms with Gasteiger partial charge in [-0.15, -0.1) is 0 Å². The van der Waals surface area contributed by atoms with Crippen molar-refractivity contribution >= 4 is 16.7 Å². The van der Waals surface area contributed by atoms with E-state index in [1.165, 1.54) is 12.8 Å². The number of fused-ring (bicyclic) bond motifs is 1. The number of benzene rings is 1. The highest BCUT2D eigenvalue weighted by molar-refractivity contribution is 5.91. The summed E-state index contributed by atoms with van der Waals surface area (Å²) in [5.41, 5.74) is 2.08. The van der Waals surface area contributed by atoms with Crippen molar-refractivity contribution < 1.29 is 9.84 Å². The van der Waals surface area contributed by atoms with Gasteiger partial charge in [0.25, 0.3) is 0 Å². The fourth-order valence-corrected chi connectivity index (χ4v) is 2.98. The Morgan fingerprint density at radius 2 is 2.00 bits per heavy atom. The summed E-state index contributed by atoms with van der Waals surface area (Å²) in [6.07, 6.45) is 4.23. The molecule has 1 saturated heterocycles. The molecule has 2 aromatic rings. The molecule has 0 spiro atoms. The van der Waals surface area contributed by atoms with Crippen LogP contribution in [0.5, 0.6) is 5.75 Å². The van der Waals surface area contributed by atoms with E-state index in [0.717, 1.165) is 54.2 Å². The third kappa shape index (κ3) is 3.14. The van der Waals surface area contributed by atoms with Gasteiger partial charge in [0.2, 0.25) is 0 Å². The molecule has 0 radical (unpaired) electrons. The summed E-state index contributed by atoms with van der Waals surface area (Å²) in [5.74, 6) is 2.77. The molecule has 1 N–H and O–H groups in total. The first kappa shape index (κ1) is 16.5. The van der Waals surface area contributed by atoms with Gasteiger partial charge in [-0.05, 0) is 30.9 Å². The number of methoxy groups -OCH3 is 1. The Hall–Kier alpha value is -1.88. The zero-order valence-corrected chi connectivity index (χ0v) is 13.8. The lowest BCUT2D eigenvalue weighted by molar-refractivity contribution is 0.379. The number of aliphatic hydroxyl groups excluding tert-OH is 1. The molecule has 1 aliphatic rings. The van der Waals surface area contributed by atoms with E-state index in [4.69, 9.17) is 9.84 Å². The largest absolute Gasteiger partial charge is 0.496 e. The quantitative estimate of drug-likeness (QED) is 0.941. The van der Waals surface area contributed by atoms with Crippen molar-refractivity contribution in [2.45, 2.75) is 26.7 Å². The summed E-state index contributed by atoms with van der Waals surface area (Å²) < 4.78 is 5.37. The Balaban J connectivity index is 0.000000847. The average Bonchev–Trinajstić information content (AvgIpc) is 2.51. The highest BCUT2D eigenvalue weighted by Crippen LogP contribution is 2.33. The second-order valence-corrected chi connectivity index (χ2v) is 5.60. The summed E-state index contributed by atoms with van der Waals surface area (Å²) in [6.45, 7) is 6.54. The number of aliphatic hydroxyl groups is 1. The SMILES string of the molecule is CCCC1CN(c2ncnc3cc(OC)c(C)cc23)C1.CO. The fraction of sp³-hybridized carbons (Fsp3) is 0.529. The standard InChI is InChI=1S/C16H21N3O.CH4O/c1-4-5-12-8-19(9-12)16-13-6-11(2)15(20-3)7-14(13)17-10-18-16;1-2/h6-7,10,12H,4-5,8-9H2,1-3H3;2H,1H3. The molecule has 1 aliphatic heterocycles. The maximum Gasteiger partial charge on any atom is 0.139 e. The summed E-state index contributed by atoms with van der Waals surface area (Å²) >= 11 is 0. The molecule has 0 bridgehead atoms. The minimum Gasteiger partial charge on any atom is -0.496 e. The molecule has 5 heteroatoms. The number of rotatable bonds is 4. The second kappa shape index (κ2) is 7.40. The van der Waals surface area contributed by atoms with Gasteiger partial charge in [0.15, 0.2) is 0 Å². The van der Waals surface area contributed by atoms with Crippen molar-refractivity contribution in [1.29, 1.82) is 0 Å². The second-order valence-electron chi connectivity index (χ2n) is 5.60. The van der Waals surface area contributed by atoms with Gasteiger partial charge in [0.1, 0.15) is 17.9 Å². The molecule has 0 unspecified atom stereocenters. The Morgan fingerprint density at radius 3 is 2.64 bits per heavy atom. The smallest absolute Gasteiger partial charge is 0.139 e. The van der Waals surface area contributed by atoms with Gasteiger partial charge < -0.3 is 14.7 Å². The number of hydrogen-bond acceptors (Lipinski definition) is 5. The van der Waals surface area contributed by atoms with E-state index in [0.29, 0.717) is 0 Å². The van der Waals surface area contributed by atoms with E-state index >= 15 is 0 Å². The highest BCUT2D eigenvalue weighted by Gasteiger charge is 2.28. The Labute approximate surface area is 132 Å². The minimum atomic E-state index is 0.823. The van der Waals surface area contributed by atoms with E-state index in [-0.39, 0.29) is 0 Å². The zero-order chi connectivity index (χ0) is 16.1. The van der Waals surface area contributed by atoms with Crippen LogP contribution in [0, 0.1) is 12.8 Å². The first-order valence-electron chi connectivity index (χ1n) is 7.72. The predicted molar refractivity (Wildman–Crippen MR) is 89.6 cm³/mol.